The average Bonchev–Trinajstić information content (AvgIpc) is 3.16. The molecule has 0 aromatic carbocycles. The van der Waals surface area contributed by atoms with Crippen molar-refractivity contribution in [2.75, 3.05) is 125 Å². The molecule has 0 aromatic rings. The molecular weight excluding hydrogens is 836 g/mol. The number of aliphatic carboxylic acids is 7. The van der Waals surface area contributed by atoms with Crippen molar-refractivity contribution in [1.29, 1.82) is 0 Å². The highest BCUT2D eigenvalue weighted by Crippen LogP contribution is 2.06. The van der Waals surface area contributed by atoms with Crippen LogP contribution >= 0.6 is 0 Å². The van der Waals surface area contributed by atoms with Crippen LogP contribution in [0.2, 0.25) is 0 Å². The summed E-state index contributed by atoms with van der Waals surface area (Å²) in [6.07, 6.45) is -2.10. The third-order valence-corrected chi connectivity index (χ3v) is 9.00. The summed E-state index contributed by atoms with van der Waals surface area (Å²) in [7, 11) is 0. The van der Waals surface area contributed by atoms with E-state index in [2.05, 4.69) is 5.32 Å². The molecule has 1 fully saturated rings. The van der Waals surface area contributed by atoms with Crippen molar-refractivity contribution in [3.63, 3.8) is 0 Å². The van der Waals surface area contributed by atoms with Crippen molar-refractivity contribution in [1.82, 2.24) is 40.4 Å². The minimum Gasteiger partial charge on any atom is -0.481 e. The van der Waals surface area contributed by atoms with Crippen molar-refractivity contribution in [2.45, 2.75) is 37.8 Å². The lowest BCUT2D eigenvalue weighted by atomic mass is 10.1. The lowest BCUT2D eigenvalue weighted by molar-refractivity contribution is -0.145. The van der Waals surface area contributed by atoms with Gasteiger partial charge in [-0.3, -0.25) is 53.2 Å². The van der Waals surface area contributed by atoms with E-state index in [1.165, 1.54) is 0 Å². The summed E-state index contributed by atoms with van der Waals surface area (Å²) in [5.74, 6) is -10.2. The molecule has 27 nitrogen and oxygen atoms in total. The summed E-state index contributed by atoms with van der Waals surface area (Å²) in [6, 6.07) is -4.56. The Bertz CT molecular complexity index is 1490. The van der Waals surface area contributed by atoms with Crippen LogP contribution in [0.5, 0.6) is 0 Å². The zero-order valence-corrected chi connectivity index (χ0v) is 34.2. The Hall–Kier alpha value is -5.74. The number of rotatable bonds is 29. The van der Waals surface area contributed by atoms with Gasteiger partial charge in [0, 0.05) is 78.3 Å². The molecule has 0 unspecified atom stereocenters. The first-order valence-electron chi connectivity index (χ1n) is 19.5. The topological polar surface area (TPSA) is 383 Å². The average molecular weight is 895 g/mol. The molecule has 1 saturated heterocycles. The second-order valence-electron chi connectivity index (χ2n) is 13.9. The minimum absolute atomic E-state index is 0.00843. The number of amides is 4. The van der Waals surface area contributed by atoms with E-state index < -0.39 is 98.0 Å². The highest BCUT2D eigenvalue weighted by Gasteiger charge is 2.27. The fourth-order valence-electron chi connectivity index (χ4n) is 5.83. The van der Waals surface area contributed by atoms with Gasteiger partial charge in [0.05, 0.1) is 52.6 Å². The Balaban J connectivity index is 2.57. The van der Waals surface area contributed by atoms with Gasteiger partial charge in [-0.05, 0) is 12.8 Å². The van der Waals surface area contributed by atoms with E-state index in [1.807, 2.05) is 10.6 Å². The zero-order valence-electron chi connectivity index (χ0n) is 34.2. The molecule has 1 aliphatic heterocycles. The van der Waals surface area contributed by atoms with Crippen LogP contribution in [-0.2, 0) is 52.6 Å². The number of hydrogen-bond donors (Lipinski definition) is 10. The molecular formula is C35H58N8O19. The molecule has 0 saturated carbocycles. The van der Waals surface area contributed by atoms with Gasteiger partial charge >= 0.3 is 47.8 Å². The predicted octanol–water partition coefficient (Wildman–Crippen LogP) is -4.63. The van der Waals surface area contributed by atoms with Gasteiger partial charge in [-0.15, -0.1) is 0 Å². The van der Waals surface area contributed by atoms with Gasteiger partial charge in [-0.2, -0.15) is 0 Å². The van der Waals surface area contributed by atoms with Crippen LogP contribution in [0.3, 0.4) is 0 Å². The van der Waals surface area contributed by atoms with Gasteiger partial charge in [0.25, 0.3) is 0 Å². The number of urea groups is 1. The molecule has 352 valence electrons. The standard InChI is InChI=1S/C35H58N8O19/c44-26(19-39-6-8-40(20-29(48)49)10-12-42(22-31(52)53)13-11-41(9-7-39)21-30(50)51)36-5-15-61-17-18-62-16-14-43(23-32(54)55)27(45)3-1-24(33(56)57)37-35(60)38-25(34(58)59)2-4-28(46)47/h24-25H,1-23H2,(H,36,44)(H,46,47)(H,48,49)(H,50,51)(H,52,53)(H,54,55)(H,56,57)(H,58,59)(H2,37,38,60)/t24-,25-/m0/s1. The SMILES string of the molecule is O=C(O)CC[C@H](NC(=O)N[C@@H](CCC(=O)N(CCOCCOCCNC(=O)CN1CCN(CC(=O)O)CCN(CC(=O)O)CCN(CC(=O)O)CC1)CC(=O)O)C(=O)O)C(=O)O. The smallest absolute Gasteiger partial charge is 0.326 e. The number of carbonyl (C=O) groups excluding carboxylic acids is 3. The number of carboxylic acid groups (broad SMARTS) is 7. The molecule has 0 spiro atoms. The molecule has 27 heteroatoms. The van der Waals surface area contributed by atoms with E-state index in [1.54, 1.807) is 19.6 Å². The molecule has 2 atom stereocenters. The minimum atomic E-state index is -1.69. The fourth-order valence-corrected chi connectivity index (χ4v) is 5.83. The van der Waals surface area contributed by atoms with E-state index in [9.17, 15) is 78.6 Å². The molecule has 0 bridgehead atoms. The van der Waals surface area contributed by atoms with Crippen molar-refractivity contribution < 1.29 is 93.2 Å². The first-order chi connectivity index (χ1) is 29.2. The lowest BCUT2D eigenvalue weighted by Gasteiger charge is -2.32. The normalized spacial score (nSPS) is 15.7. The van der Waals surface area contributed by atoms with Crippen LogP contribution in [-0.4, -0.2) is 257 Å². The number of nitrogens with zero attached hydrogens (tertiary/aromatic N) is 5. The van der Waals surface area contributed by atoms with Crippen LogP contribution in [0.4, 0.5) is 4.79 Å². The van der Waals surface area contributed by atoms with E-state index in [0.717, 1.165) is 4.90 Å². The highest BCUT2D eigenvalue weighted by atomic mass is 16.5. The Morgan fingerprint density at radius 1 is 0.500 bits per heavy atom. The van der Waals surface area contributed by atoms with Gasteiger partial charge in [-0.1, -0.05) is 0 Å². The summed E-state index contributed by atoms with van der Waals surface area (Å²) in [5, 5.41) is 71.4. The van der Waals surface area contributed by atoms with Crippen molar-refractivity contribution >= 4 is 59.6 Å². The predicted molar refractivity (Wildman–Crippen MR) is 208 cm³/mol. The molecule has 0 aromatic heterocycles. The van der Waals surface area contributed by atoms with Crippen molar-refractivity contribution in [3.05, 3.63) is 0 Å². The largest absolute Gasteiger partial charge is 0.481 e. The van der Waals surface area contributed by atoms with E-state index in [-0.39, 0.29) is 124 Å². The summed E-state index contributed by atoms with van der Waals surface area (Å²) >= 11 is 0. The molecule has 62 heavy (non-hydrogen) atoms. The van der Waals surface area contributed by atoms with Gasteiger partial charge in [0.15, 0.2) is 0 Å². The first kappa shape index (κ1) is 54.3. The molecule has 1 aliphatic rings. The van der Waals surface area contributed by atoms with E-state index in [0.29, 0.717) is 0 Å². The van der Waals surface area contributed by atoms with Crippen LogP contribution in [0.25, 0.3) is 0 Å². The van der Waals surface area contributed by atoms with Gasteiger partial charge in [0.2, 0.25) is 11.8 Å². The second kappa shape index (κ2) is 30.3. The fraction of sp³-hybridized carbons (Fsp3) is 0.714. The first-order valence-corrected chi connectivity index (χ1v) is 19.5. The van der Waals surface area contributed by atoms with Crippen LogP contribution in [0.15, 0.2) is 0 Å². The zero-order chi connectivity index (χ0) is 46.6. The quantitative estimate of drug-likeness (QED) is 0.0316. The maximum Gasteiger partial charge on any atom is 0.326 e. The van der Waals surface area contributed by atoms with Crippen molar-refractivity contribution in [3.8, 4) is 0 Å². The lowest BCUT2D eigenvalue weighted by Crippen LogP contribution is -2.51. The summed E-state index contributed by atoms with van der Waals surface area (Å²) in [4.78, 5) is 125. The molecule has 10 N–H and O–H groups in total. The molecule has 4 amide bonds. The Labute approximate surface area is 355 Å². The van der Waals surface area contributed by atoms with Crippen LogP contribution < -0.4 is 16.0 Å². The second-order valence-corrected chi connectivity index (χ2v) is 13.9. The summed E-state index contributed by atoms with van der Waals surface area (Å²) in [5.41, 5.74) is 0. The summed E-state index contributed by atoms with van der Waals surface area (Å²) in [6.45, 7) is 0.0687. The molecule has 1 rings (SSSR count). The third-order valence-electron chi connectivity index (χ3n) is 9.00. The Morgan fingerprint density at radius 3 is 1.29 bits per heavy atom. The van der Waals surface area contributed by atoms with Crippen LogP contribution in [0.1, 0.15) is 25.7 Å². The van der Waals surface area contributed by atoms with E-state index in [4.69, 9.17) is 14.6 Å². The van der Waals surface area contributed by atoms with Crippen molar-refractivity contribution in [2.24, 2.45) is 0 Å². The Kier molecular flexibility index (Phi) is 26.5. The van der Waals surface area contributed by atoms with Crippen LogP contribution in [0, 0.1) is 0 Å². The Morgan fingerprint density at radius 2 is 0.903 bits per heavy atom. The molecule has 1 heterocycles. The number of hydrogen-bond acceptors (Lipinski definition) is 16. The third kappa shape index (κ3) is 26.5. The molecule has 0 aliphatic carbocycles. The number of carbonyl (C=O) groups is 10. The van der Waals surface area contributed by atoms with Gasteiger partial charge in [-0.25, -0.2) is 14.4 Å². The number of nitrogens with one attached hydrogen (secondary N) is 3. The van der Waals surface area contributed by atoms with E-state index >= 15 is 0 Å². The highest BCUT2D eigenvalue weighted by molar-refractivity contribution is 5.87. The maximum absolute atomic E-state index is 12.8. The monoisotopic (exact) mass is 894 g/mol. The number of carboxylic acids is 7. The van der Waals surface area contributed by atoms with Gasteiger partial charge in [0.1, 0.15) is 18.6 Å². The molecule has 0 radical (unpaired) electrons. The summed E-state index contributed by atoms with van der Waals surface area (Å²) < 4.78 is 10.9. The number of ether oxygens (including phenoxy) is 2. The van der Waals surface area contributed by atoms with Gasteiger partial charge < -0.3 is 66.1 Å². The maximum atomic E-state index is 12.8.